The van der Waals surface area contributed by atoms with Crippen LogP contribution in [0.1, 0.15) is 26.3 Å². The molecule has 3 nitrogen and oxygen atoms in total. The van der Waals surface area contributed by atoms with Crippen LogP contribution in [0.5, 0.6) is 5.75 Å². The van der Waals surface area contributed by atoms with E-state index in [1.54, 1.807) is 0 Å². The predicted octanol–water partition coefficient (Wildman–Crippen LogP) is 4.50. The molecule has 2 aromatic carbocycles. The summed E-state index contributed by atoms with van der Waals surface area (Å²) >= 11 is 0. The Bertz CT molecular complexity index is 586. The molecule has 0 atom stereocenters. The lowest BCUT2D eigenvalue weighted by molar-refractivity contribution is 0.242. The molecule has 0 saturated carbocycles. The normalized spacial score (nSPS) is 10.5. The first-order chi connectivity index (χ1) is 10.1. The van der Waals surface area contributed by atoms with Crippen molar-refractivity contribution in [2.45, 2.75) is 26.9 Å². The molecule has 0 heterocycles. The van der Waals surface area contributed by atoms with Gasteiger partial charge in [-0.2, -0.15) is 0 Å². The van der Waals surface area contributed by atoms with Crippen LogP contribution in [0.4, 0.5) is 0 Å². The summed E-state index contributed by atoms with van der Waals surface area (Å²) in [6, 6.07) is 15.9. The smallest absolute Gasteiger partial charge is 0.213 e. The van der Waals surface area contributed by atoms with Crippen molar-refractivity contribution in [1.29, 1.82) is 5.41 Å². The minimum Gasteiger partial charge on any atom is -0.491 e. The summed E-state index contributed by atoms with van der Waals surface area (Å²) in [5, 5.41) is 7.76. The van der Waals surface area contributed by atoms with E-state index in [-0.39, 0.29) is 12.0 Å². The molecule has 0 saturated heterocycles. The number of hydrogen-bond acceptors (Lipinski definition) is 3. The molecule has 0 aromatic heterocycles. The van der Waals surface area contributed by atoms with E-state index in [0.29, 0.717) is 6.61 Å². The Labute approximate surface area is 126 Å². The van der Waals surface area contributed by atoms with Crippen molar-refractivity contribution in [3.05, 3.63) is 54.1 Å². The minimum absolute atomic E-state index is 0.180. The van der Waals surface area contributed by atoms with Gasteiger partial charge in [0.1, 0.15) is 5.75 Å². The van der Waals surface area contributed by atoms with Crippen LogP contribution < -0.4 is 4.74 Å². The maximum absolute atomic E-state index is 7.76. The van der Waals surface area contributed by atoms with Crippen molar-refractivity contribution in [2.75, 3.05) is 6.61 Å². The second-order valence-corrected chi connectivity index (χ2v) is 5.03. The fourth-order valence-electron chi connectivity index (χ4n) is 2.04. The Balaban J connectivity index is 2.13. The second-order valence-electron chi connectivity index (χ2n) is 5.03. The van der Waals surface area contributed by atoms with Gasteiger partial charge in [0.2, 0.25) is 5.90 Å². The van der Waals surface area contributed by atoms with Gasteiger partial charge in [0.15, 0.2) is 0 Å². The lowest BCUT2D eigenvalue weighted by atomic mass is 10.0. The van der Waals surface area contributed by atoms with E-state index in [1.807, 2.05) is 69.3 Å². The highest BCUT2D eigenvalue weighted by Crippen LogP contribution is 2.23. The Morgan fingerprint density at radius 3 is 1.95 bits per heavy atom. The number of ether oxygens (including phenoxy) is 2. The van der Waals surface area contributed by atoms with E-state index in [1.165, 1.54) is 0 Å². The van der Waals surface area contributed by atoms with Gasteiger partial charge in [-0.15, -0.1) is 0 Å². The van der Waals surface area contributed by atoms with Crippen molar-refractivity contribution in [1.82, 2.24) is 0 Å². The van der Waals surface area contributed by atoms with Crippen molar-refractivity contribution >= 4 is 5.90 Å². The monoisotopic (exact) mass is 283 g/mol. The Hall–Kier alpha value is -2.29. The summed E-state index contributed by atoms with van der Waals surface area (Å²) in [5.41, 5.74) is 3.03. The number of hydrogen-bond donors (Lipinski definition) is 1. The molecule has 110 valence electrons. The molecule has 0 bridgehead atoms. The molecule has 1 N–H and O–H groups in total. The topological polar surface area (TPSA) is 42.3 Å². The average Bonchev–Trinajstić information content (AvgIpc) is 2.48. The van der Waals surface area contributed by atoms with Gasteiger partial charge in [0.25, 0.3) is 0 Å². The largest absolute Gasteiger partial charge is 0.491 e. The Morgan fingerprint density at radius 2 is 1.48 bits per heavy atom. The molecule has 0 radical (unpaired) electrons. The van der Waals surface area contributed by atoms with Gasteiger partial charge in [-0.05, 0) is 56.2 Å². The van der Waals surface area contributed by atoms with E-state index in [9.17, 15) is 0 Å². The molecule has 0 aliphatic heterocycles. The third kappa shape index (κ3) is 4.09. The van der Waals surface area contributed by atoms with E-state index >= 15 is 0 Å². The van der Waals surface area contributed by atoms with Crippen LogP contribution in [-0.2, 0) is 4.74 Å². The SMILES string of the molecule is CCOC(=N)c1ccc(-c2ccc(OC(C)C)cc2)cc1. The zero-order valence-corrected chi connectivity index (χ0v) is 12.7. The molecular formula is C18H21NO2. The third-order valence-electron chi connectivity index (χ3n) is 3.00. The van der Waals surface area contributed by atoms with Crippen LogP contribution in [0.25, 0.3) is 11.1 Å². The van der Waals surface area contributed by atoms with E-state index in [2.05, 4.69) is 0 Å². The quantitative estimate of drug-likeness (QED) is 0.648. The van der Waals surface area contributed by atoms with E-state index in [0.717, 1.165) is 22.4 Å². The number of rotatable bonds is 5. The van der Waals surface area contributed by atoms with Crippen molar-refractivity contribution in [2.24, 2.45) is 0 Å². The van der Waals surface area contributed by atoms with Crippen LogP contribution >= 0.6 is 0 Å². The van der Waals surface area contributed by atoms with Gasteiger partial charge < -0.3 is 9.47 Å². The van der Waals surface area contributed by atoms with Crippen LogP contribution in [0.3, 0.4) is 0 Å². The maximum Gasteiger partial charge on any atom is 0.213 e. The van der Waals surface area contributed by atoms with Gasteiger partial charge in [-0.1, -0.05) is 24.3 Å². The summed E-state index contributed by atoms with van der Waals surface area (Å²) in [7, 11) is 0. The summed E-state index contributed by atoms with van der Waals surface area (Å²) in [6.45, 7) is 6.42. The number of nitrogens with one attached hydrogen (secondary N) is 1. The zero-order valence-electron chi connectivity index (χ0n) is 12.7. The summed E-state index contributed by atoms with van der Waals surface area (Å²) < 4.78 is 10.8. The fraction of sp³-hybridized carbons (Fsp3) is 0.278. The highest BCUT2D eigenvalue weighted by molar-refractivity contribution is 5.92. The van der Waals surface area contributed by atoms with Crippen LogP contribution in [0.2, 0.25) is 0 Å². The Morgan fingerprint density at radius 1 is 0.952 bits per heavy atom. The zero-order chi connectivity index (χ0) is 15.2. The lowest BCUT2D eigenvalue weighted by Gasteiger charge is -2.10. The molecule has 3 heteroatoms. The highest BCUT2D eigenvalue weighted by atomic mass is 16.5. The molecule has 2 rings (SSSR count). The molecule has 0 spiro atoms. The Kier molecular flexibility index (Phi) is 4.99. The van der Waals surface area contributed by atoms with Crippen LogP contribution in [0, 0.1) is 5.41 Å². The molecule has 21 heavy (non-hydrogen) atoms. The fourth-order valence-corrected chi connectivity index (χ4v) is 2.04. The lowest BCUT2D eigenvalue weighted by Crippen LogP contribution is -2.05. The van der Waals surface area contributed by atoms with Crippen molar-refractivity contribution in [3.8, 4) is 16.9 Å². The maximum atomic E-state index is 7.76. The van der Waals surface area contributed by atoms with Crippen molar-refractivity contribution in [3.63, 3.8) is 0 Å². The highest BCUT2D eigenvalue weighted by Gasteiger charge is 2.04. The minimum atomic E-state index is 0.180. The molecular weight excluding hydrogens is 262 g/mol. The van der Waals surface area contributed by atoms with Gasteiger partial charge in [0, 0.05) is 5.56 Å². The summed E-state index contributed by atoms with van der Waals surface area (Å²) in [6.07, 6.45) is 0.180. The molecule has 0 amide bonds. The molecule has 2 aromatic rings. The average molecular weight is 283 g/mol. The first-order valence-corrected chi connectivity index (χ1v) is 7.19. The summed E-state index contributed by atoms with van der Waals surface area (Å²) in [5.74, 6) is 1.09. The summed E-state index contributed by atoms with van der Waals surface area (Å²) in [4.78, 5) is 0. The predicted molar refractivity (Wildman–Crippen MR) is 86.1 cm³/mol. The van der Waals surface area contributed by atoms with E-state index < -0.39 is 0 Å². The van der Waals surface area contributed by atoms with Gasteiger partial charge >= 0.3 is 0 Å². The van der Waals surface area contributed by atoms with Crippen LogP contribution in [0.15, 0.2) is 48.5 Å². The molecule has 0 unspecified atom stereocenters. The molecule has 0 fully saturated rings. The first-order valence-electron chi connectivity index (χ1n) is 7.19. The van der Waals surface area contributed by atoms with Gasteiger partial charge in [-0.25, -0.2) is 0 Å². The van der Waals surface area contributed by atoms with Gasteiger partial charge in [-0.3, -0.25) is 5.41 Å². The molecule has 0 aliphatic carbocycles. The van der Waals surface area contributed by atoms with E-state index in [4.69, 9.17) is 14.9 Å². The van der Waals surface area contributed by atoms with Crippen molar-refractivity contribution < 1.29 is 9.47 Å². The number of benzene rings is 2. The van der Waals surface area contributed by atoms with Gasteiger partial charge in [0.05, 0.1) is 12.7 Å². The van der Waals surface area contributed by atoms with Crippen LogP contribution in [-0.4, -0.2) is 18.6 Å². The first kappa shape index (κ1) is 15.1. The second kappa shape index (κ2) is 6.93. The standard InChI is InChI=1S/C18H21NO2/c1-4-20-18(19)16-7-5-14(6-8-16)15-9-11-17(12-10-15)21-13(2)3/h5-13,19H,4H2,1-3H3. The third-order valence-corrected chi connectivity index (χ3v) is 3.00. The molecule has 0 aliphatic rings.